The summed E-state index contributed by atoms with van der Waals surface area (Å²) in [6.07, 6.45) is 5.25. The maximum absolute atomic E-state index is 11.5. The molecule has 1 saturated heterocycles. The summed E-state index contributed by atoms with van der Waals surface area (Å²) in [7, 11) is 0. The Balaban J connectivity index is 2.11. The van der Waals surface area contributed by atoms with E-state index in [9.17, 15) is 5.21 Å². The van der Waals surface area contributed by atoms with Gasteiger partial charge in [0.2, 0.25) is 0 Å². The minimum atomic E-state index is 0.178. The number of piperidine rings is 1. The van der Waals surface area contributed by atoms with Crippen molar-refractivity contribution in [2.24, 2.45) is 11.5 Å². The molecule has 6 heteroatoms. The first-order chi connectivity index (χ1) is 7.20. The number of guanidine groups is 1. The minimum Gasteiger partial charge on any atom is -0.754 e. The van der Waals surface area contributed by atoms with Crippen molar-refractivity contribution >= 4 is 5.96 Å². The molecule has 0 aromatic heterocycles. The van der Waals surface area contributed by atoms with Crippen LogP contribution in [0.4, 0.5) is 0 Å². The van der Waals surface area contributed by atoms with Gasteiger partial charge in [-0.2, -0.15) is 5.01 Å². The van der Waals surface area contributed by atoms with Crippen LogP contribution in [0.3, 0.4) is 0 Å². The monoisotopic (exact) mass is 211 g/mol. The number of hydrazine groups is 1. The molecule has 0 atom stereocenters. The molecule has 1 fully saturated rings. The Morgan fingerprint density at radius 2 is 1.87 bits per heavy atom. The fourth-order valence-electron chi connectivity index (χ4n) is 1.97. The van der Waals surface area contributed by atoms with Crippen molar-refractivity contribution < 1.29 is 4.74 Å². The zero-order valence-electron chi connectivity index (χ0n) is 8.72. The van der Waals surface area contributed by atoms with Gasteiger partial charge in [-0.1, -0.05) is 6.42 Å². The number of hydrogen-bond donors (Lipinski definition) is 2. The number of hydroxylamine groups is 1. The van der Waals surface area contributed by atoms with Gasteiger partial charge in [0.05, 0.1) is 6.54 Å². The molecule has 0 unspecified atom stereocenters. The standard InChI is InChI=1S/C9H17N5O/c10-8-4-7-13(9(11)14(8)15)12-5-2-1-3-6-12/h4H,1-3,5-7,10-11H2. The lowest BCUT2D eigenvalue weighted by Gasteiger charge is -2.37. The molecule has 0 spiro atoms. The molecule has 0 bridgehead atoms. The van der Waals surface area contributed by atoms with E-state index in [1.165, 1.54) is 6.42 Å². The van der Waals surface area contributed by atoms with E-state index in [-0.39, 0.29) is 11.8 Å². The molecule has 84 valence electrons. The van der Waals surface area contributed by atoms with Crippen LogP contribution < -0.4 is 11.5 Å². The second-order valence-electron chi connectivity index (χ2n) is 3.88. The summed E-state index contributed by atoms with van der Waals surface area (Å²) in [5.74, 6) is 0.359. The molecular formula is C9H17N5O. The first-order valence-corrected chi connectivity index (χ1v) is 5.28. The smallest absolute Gasteiger partial charge is 0.326 e. The third-order valence-corrected chi connectivity index (χ3v) is 2.85. The summed E-state index contributed by atoms with van der Waals surface area (Å²) in [4.78, 5) is 0. The lowest BCUT2D eigenvalue weighted by atomic mass is 10.2. The van der Waals surface area contributed by atoms with Crippen molar-refractivity contribution in [1.82, 2.24) is 10.0 Å². The Bertz CT molecular complexity index is 306. The van der Waals surface area contributed by atoms with Crippen molar-refractivity contribution in [1.29, 1.82) is 0 Å². The van der Waals surface area contributed by atoms with Gasteiger partial charge < -0.3 is 16.7 Å². The van der Waals surface area contributed by atoms with Gasteiger partial charge in [-0.25, -0.2) is 9.75 Å². The zero-order chi connectivity index (χ0) is 10.8. The summed E-state index contributed by atoms with van der Waals surface area (Å²) in [6, 6.07) is 0. The number of nitrogens with zero attached hydrogens (tertiary/aromatic N) is 3. The summed E-state index contributed by atoms with van der Waals surface area (Å²) < 4.78 is 0.581. The van der Waals surface area contributed by atoms with E-state index in [0.717, 1.165) is 25.9 Å². The van der Waals surface area contributed by atoms with Gasteiger partial charge in [0.1, 0.15) is 0 Å². The highest BCUT2D eigenvalue weighted by molar-refractivity contribution is 5.73. The van der Waals surface area contributed by atoms with Crippen LogP contribution in [-0.4, -0.2) is 40.4 Å². The van der Waals surface area contributed by atoms with Gasteiger partial charge in [0.25, 0.3) is 0 Å². The molecule has 0 aliphatic carbocycles. The molecule has 15 heavy (non-hydrogen) atoms. The van der Waals surface area contributed by atoms with Crippen molar-refractivity contribution in [3.63, 3.8) is 0 Å². The highest BCUT2D eigenvalue weighted by Gasteiger charge is 2.26. The molecule has 2 rings (SSSR count). The number of rotatable bonds is 1. The predicted molar refractivity (Wildman–Crippen MR) is 57.2 cm³/mol. The topological polar surface area (TPSA) is 84.6 Å². The fraction of sp³-hybridized carbons (Fsp3) is 0.667. The van der Waals surface area contributed by atoms with Crippen LogP contribution in [-0.2, 0) is 0 Å². The van der Waals surface area contributed by atoms with Gasteiger partial charge in [0, 0.05) is 19.2 Å². The van der Waals surface area contributed by atoms with Crippen LogP contribution in [0.15, 0.2) is 11.9 Å². The van der Waals surface area contributed by atoms with E-state index in [1.807, 2.05) is 5.01 Å². The largest absolute Gasteiger partial charge is 0.754 e. The van der Waals surface area contributed by atoms with Crippen molar-refractivity contribution in [2.45, 2.75) is 19.3 Å². The molecule has 2 heterocycles. The molecule has 0 aromatic carbocycles. The molecule has 0 aromatic rings. The SMILES string of the molecule is NC1=CCN(N2CCCCC2)C(N)=[N+]1[O-]. The third kappa shape index (κ3) is 1.85. The van der Waals surface area contributed by atoms with Gasteiger partial charge in [-0.15, -0.1) is 0 Å². The molecular weight excluding hydrogens is 194 g/mol. The predicted octanol–water partition coefficient (Wildman–Crippen LogP) is -0.672. The molecule has 0 amide bonds. The number of hydrogen-bond acceptors (Lipinski definition) is 5. The normalized spacial score (nSPS) is 24.3. The summed E-state index contributed by atoms with van der Waals surface area (Å²) in [5.41, 5.74) is 11.2. The highest BCUT2D eigenvalue weighted by atomic mass is 16.5. The van der Waals surface area contributed by atoms with Crippen molar-refractivity contribution in [2.75, 3.05) is 19.6 Å². The van der Waals surface area contributed by atoms with Crippen LogP contribution in [0, 0.1) is 5.21 Å². The maximum Gasteiger partial charge on any atom is 0.326 e. The van der Waals surface area contributed by atoms with E-state index in [4.69, 9.17) is 11.5 Å². The molecule has 2 aliphatic rings. The Morgan fingerprint density at radius 3 is 2.53 bits per heavy atom. The molecule has 0 radical (unpaired) electrons. The van der Waals surface area contributed by atoms with Crippen LogP contribution >= 0.6 is 0 Å². The quantitative estimate of drug-likeness (QED) is 0.444. The molecule has 6 nitrogen and oxygen atoms in total. The van der Waals surface area contributed by atoms with E-state index >= 15 is 0 Å². The minimum absolute atomic E-state index is 0.178. The Kier molecular flexibility index (Phi) is 2.68. The van der Waals surface area contributed by atoms with E-state index in [1.54, 1.807) is 6.08 Å². The Morgan fingerprint density at radius 1 is 1.20 bits per heavy atom. The average Bonchev–Trinajstić information content (AvgIpc) is 2.27. The average molecular weight is 211 g/mol. The van der Waals surface area contributed by atoms with Crippen LogP contribution in [0.2, 0.25) is 0 Å². The molecule has 0 saturated carbocycles. The van der Waals surface area contributed by atoms with E-state index in [2.05, 4.69) is 5.01 Å². The van der Waals surface area contributed by atoms with Crippen LogP contribution in [0.25, 0.3) is 0 Å². The van der Waals surface area contributed by atoms with E-state index < -0.39 is 0 Å². The second kappa shape index (κ2) is 3.98. The summed E-state index contributed by atoms with van der Waals surface area (Å²) in [5, 5.41) is 15.4. The fourth-order valence-corrected chi connectivity index (χ4v) is 1.97. The summed E-state index contributed by atoms with van der Waals surface area (Å²) in [6.45, 7) is 2.51. The van der Waals surface area contributed by atoms with E-state index in [0.29, 0.717) is 11.3 Å². The lowest BCUT2D eigenvalue weighted by molar-refractivity contribution is -0.418. The van der Waals surface area contributed by atoms with Crippen molar-refractivity contribution in [3.8, 4) is 0 Å². The van der Waals surface area contributed by atoms with Crippen LogP contribution in [0.1, 0.15) is 19.3 Å². The van der Waals surface area contributed by atoms with Gasteiger partial charge in [-0.3, -0.25) is 0 Å². The van der Waals surface area contributed by atoms with Crippen LogP contribution in [0.5, 0.6) is 0 Å². The van der Waals surface area contributed by atoms with Gasteiger partial charge in [0.15, 0.2) is 5.82 Å². The second-order valence-corrected chi connectivity index (χ2v) is 3.88. The lowest BCUT2D eigenvalue weighted by Crippen LogP contribution is -2.56. The van der Waals surface area contributed by atoms with Gasteiger partial charge >= 0.3 is 5.96 Å². The number of nitrogens with two attached hydrogens (primary N) is 2. The highest BCUT2D eigenvalue weighted by Crippen LogP contribution is 2.13. The zero-order valence-corrected chi connectivity index (χ0v) is 8.72. The Labute approximate surface area is 89.0 Å². The molecule has 4 N–H and O–H groups in total. The third-order valence-electron chi connectivity index (χ3n) is 2.85. The maximum atomic E-state index is 11.5. The molecule has 2 aliphatic heterocycles. The van der Waals surface area contributed by atoms with Gasteiger partial charge in [-0.05, 0) is 12.8 Å². The first kappa shape index (κ1) is 10.1. The Hall–Kier alpha value is -1.43. The summed E-state index contributed by atoms with van der Waals surface area (Å²) >= 11 is 0. The van der Waals surface area contributed by atoms with Crippen molar-refractivity contribution in [3.05, 3.63) is 17.1 Å². The first-order valence-electron chi connectivity index (χ1n) is 5.28.